The minimum atomic E-state index is 0.0381. The SMILES string of the molecule is CC.CC.CC.CC.CC.CC.CC.CC.CC(C)(C)c1ccc(C(C)(C)C)nc1.CC(C)(C)c1ccc(C(C)(C)C)nc1.CC(C)(C)c1cnc(C(C)(C)C)nc1.CC(C)(C)c1cnc(C(C)(C)C)nc1.Cc1c(C(C)(C)C)ccc(C(C)(C)C)c1C. The van der Waals surface area contributed by atoms with Crippen molar-refractivity contribution in [3.05, 3.63) is 141 Å². The molecule has 0 radical (unpaired) electrons. The molecule has 514 valence electrons. The Balaban J connectivity index is -0.000000143. The van der Waals surface area contributed by atoms with Crippen LogP contribution in [-0.4, -0.2) is 29.9 Å². The molecule has 0 bridgehead atoms. The Morgan fingerprint density at radius 1 is 0.193 bits per heavy atom. The third-order valence-electron chi connectivity index (χ3n) is 12.6. The largest absolute Gasteiger partial charge is 0.260 e. The van der Waals surface area contributed by atoms with Gasteiger partial charge in [-0.1, -0.05) is 343 Å². The average molecular weight is 1230 g/mol. The van der Waals surface area contributed by atoms with Crippen LogP contribution in [0.15, 0.2) is 73.6 Å². The highest BCUT2D eigenvalue weighted by atomic mass is 14.9. The lowest BCUT2D eigenvalue weighted by Crippen LogP contribution is -2.18. The molecule has 6 nitrogen and oxygen atoms in total. The van der Waals surface area contributed by atoms with E-state index in [-0.39, 0.29) is 54.1 Å². The highest BCUT2D eigenvalue weighted by molar-refractivity contribution is 5.45. The van der Waals surface area contributed by atoms with Gasteiger partial charge in [0.25, 0.3) is 0 Å². The molecule has 4 heterocycles. The lowest BCUT2D eigenvalue weighted by Gasteiger charge is -2.28. The molecule has 0 atom stereocenters. The van der Waals surface area contributed by atoms with E-state index in [4.69, 9.17) is 0 Å². The van der Waals surface area contributed by atoms with Crippen molar-refractivity contribution in [1.82, 2.24) is 29.9 Å². The minimum Gasteiger partial charge on any atom is -0.260 e. The molecule has 88 heavy (non-hydrogen) atoms. The first-order chi connectivity index (χ1) is 39.9. The van der Waals surface area contributed by atoms with Gasteiger partial charge in [-0.05, 0) is 103 Å². The summed E-state index contributed by atoms with van der Waals surface area (Å²) in [7, 11) is 0. The Morgan fingerprint density at radius 3 is 0.500 bits per heavy atom. The predicted octanol–water partition coefficient (Wildman–Crippen LogP) is 26.6. The minimum absolute atomic E-state index is 0.0381. The molecule has 0 amide bonds. The van der Waals surface area contributed by atoms with Crippen molar-refractivity contribution >= 4 is 0 Å². The maximum absolute atomic E-state index is 4.52. The molecule has 0 fully saturated rings. The first-order valence-electron chi connectivity index (χ1n) is 34.6. The van der Waals surface area contributed by atoms with Crippen molar-refractivity contribution in [2.24, 2.45) is 0 Å². The van der Waals surface area contributed by atoms with Gasteiger partial charge < -0.3 is 0 Å². The van der Waals surface area contributed by atoms with Crippen molar-refractivity contribution in [1.29, 1.82) is 0 Å². The lowest BCUT2D eigenvalue weighted by atomic mass is 9.77. The fourth-order valence-corrected chi connectivity index (χ4v) is 7.21. The lowest BCUT2D eigenvalue weighted by molar-refractivity contribution is 0.532. The van der Waals surface area contributed by atoms with Crippen molar-refractivity contribution < 1.29 is 0 Å². The quantitative estimate of drug-likeness (QED) is 0.154. The third-order valence-corrected chi connectivity index (χ3v) is 12.6. The van der Waals surface area contributed by atoms with Crippen LogP contribution >= 0.6 is 0 Å². The standard InChI is InChI=1S/C16H26.2C13H21N.2C12H20N2.8C2H6/c1-11-12(2)14(16(6,7)8)10-9-13(11)15(3,4)5;2*1-12(2,3)10-7-8-11(14-9-10)13(4,5)6;2*1-11(2,3)9-7-13-10(14-8-9)12(4,5)6;8*1-2/h9-10H,1-8H3;2*7-9H,1-6H3;2*7-8H,1-6H3;8*1-2H3. The van der Waals surface area contributed by atoms with Gasteiger partial charge in [0, 0.05) is 70.2 Å². The van der Waals surface area contributed by atoms with Crippen LogP contribution < -0.4 is 0 Å². The second-order valence-electron chi connectivity index (χ2n) is 30.4. The molecule has 0 spiro atoms. The van der Waals surface area contributed by atoms with E-state index < -0.39 is 0 Å². The normalized spacial score (nSPS) is 11.2. The van der Waals surface area contributed by atoms with E-state index in [2.05, 4.69) is 288 Å². The molecule has 4 aromatic heterocycles. The Hall–Kier alpha value is -4.32. The molecule has 5 aromatic rings. The van der Waals surface area contributed by atoms with E-state index in [0.717, 1.165) is 23.0 Å². The number of aromatic nitrogens is 6. The van der Waals surface area contributed by atoms with Gasteiger partial charge in [-0.15, -0.1) is 0 Å². The molecule has 0 aliphatic rings. The van der Waals surface area contributed by atoms with Gasteiger partial charge >= 0.3 is 0 Å². The third kappa shape index (κ3) is 41.9. The zero-order valence-electron chi connectivity index (χ0n) is 68.6. The van der Waals surface area contributed by atoms with Crippen molar-refractivity contribution in [2.45, 2.75) is 386 Å². The number of nitrogens with zero attached hydrogens (tertiary/aromatic N) is 6. The van der Waals surface area contributed by atoms with E-state index in [1.54, 1.807) is 0 Å². The van der Waals surface area contributed by atoms with E-state index in [1.165, 1.54) is 44.5 Å². The zero-order chi connectivity index (χ0) is 72.7. The van der Waals surface area contributed by atoms with Crippen LogP contribution in [0.5, 0.6) is 0 Å². The predicted molar refractivity (Wildman–Crippen MR) is 406 cm³/mol. The Kier molecular flexibility index (Phi) is 52.0. The molecule has 0 unspecified atom stereocenters. The Labute approximate surface area is 554 Å². The number of hydrogen-bond donors (Lipinski definition) is 0. The smallest absolute Gasteiger partial charge is 0.133 e. The molecule has 1 aromatic carbocycles. The molecule has 0 N–H and O–H groups in total. The van der Waals surface area contributed by atoms with Gasteiger partial charge in [0.15, 0.2) is 0 Å². The van der Waals surface area contributed by atoms with Crippen LogP contribution in [0.4, 0.5) is 0 Å². The summed E-state index contributed by atoms with van der Waals surface area (Å²) >= 11 is 0. The number of benzene rings is 1. The van der Waals surface area contributed by atoms with Gasteiger partial charge in [-0.25, -0.2) is 19.9 Å². The highest BCUT2D eigenvalue weighted by Gasteiger charge is 2.25. The van der Waals surface area contributed by atoms with Gasteiger partial charge in [0.1, 0.15) is 11.6 Å². The van der Waals surface area contributed by atoms with Gasteiger partial charge in [-0.3, -0.25) is 9.97 Å². The molecule has 0 saturated heterocycles. The summed E-state index contributed by atoms with van der Waals surface area (Å²) in [6.45, 7) is 102. The second kappa shape index (κ2) is 45.9. The van der Waals surface area contributed by atoms with Gasteiger partial charge in [-0.2, -0.15) is 0 Å². The van der Waals surface area contributed by atoms with E-state index in [9.17, 15) is 0 Å². The monoisotopic (exact) mass is 1230 g/mol. The van der Waals surface area contributed by atoms with Gasteiger partial charge in [0.2, 0.25) is 0 Å². The zero-order valence-corrected chi connectivity index (χ0v) is 68.6. The van der Waals surface area contributed by atoms with Crippen LogP contribution in [0.25, 0.3) is 0 Å². The molecular weight excluding hydrogens is 1070 g/mol. The van der Waals surface area contributed by atoms with Crippen LogP contribution in [0.3, 0.4) is 0 Å². The summed E-state index contributed by atoms with van der Waals surface area (Å²) in [6, 6.07) is 13.3. The summed E-state index contributed by atoms with van der Waals surface area (Å²) < 4.78 is 0. The van der Waals surface area contributed by atoms with Crippen LogP contribution in [0.2, 0.25) is 0 Å². The molecule has 0 saturated carbocycles. The summed E-state index contributed by atoms with van der Waals surface area (Å²) in [5.41, 5.74) is 14.7. The molecule has 5 rings (SSSR count). The molecule has 6 heteroatoms. The van der Waals surface area contributed by atoms with Crippen molar-refractivity contribution in [3.63, 3.8) is 0 Å². The number of rotatable bonds is 0. The average Bonchev–Trinajstić information content (AvgIpc) is 2.60. The number of hydrogen-bond acceptors (Lipinski definition) is 6. The van der Waals surface area contributed by atoms with Crippen molar-refractivity contribution in [2.75, 3.05) is 0 Å². The first-order valence-corrected chi connectivity index (χ1v) is 34.6. The van der Waals surface area contributed by atoms with Gasteiger partial charge in [0.05, 0.1) is 0 Å². The van der Waals surface area contributed by atoms with E-state index >= 15 is 0 Å². The Bertz CT molecular complexity index is 1950. The summed E-state index contributed by atoms with van der Waals surface area (Å²) in [5, 5.41) is 0. The van der Waals surface area contributed by atoms with E-state index in [0.29, 0.717) is 0 Å². The summed E-state index contributed by atoms with van der Waals surface area (Å²) in [6.07, 6.45) is 11.8. The number of pyridine rings is 2. The van der Waals surface area contributed by atoms with Crippen LogP contribution in [0.1, 0.15) is 386 Å². The van der Waals surface area contributed by atoms with Crippen LogP contribution in [0, 0.1) is 13.8 Å². The topological polar surface area (TPSA) is 77.3 Å². The molecule has 0 aliphatic heterocycles. The highest BCUT2D eigenvalue weighted by Crippen LogP contribution is 2.34. The summed E-state index contributed by atoms with van der Waals surface area (Å²) in [5.74, 6) is 1.82. The van der Waals surface area contributed by atoms with E-state index in [1.807, 2.05) is 148 Å². The van der Waals surface area contributed by atoms with Crippen LogP contribution in [-0.2, 0) is 54.1 Å². The maximum Gasteiger partial charge on any atom is 0.133 e. The Morgan fingerprint density at radius 2 is 0.375 bits per heavy atom. The maximum atomic E-state index is 4.52. The first kappa shape index (κ1) is 99.9. The molecular formula is C82H156N6. The second-order valence-corrected chi connectivity index (χ2v) is 30.4. The fraction of sp³-hybridized carbons (Fsp3) is 0.707. The van der Waals surface area contributed by atoms with Crippen molar-refractivity contribution in [3.8, 4) is 0 Å². The molecule has 0 aliphatic carbocycles. The fourth-order valence-electron chi connectivity index (χ4n) is 7.21. The summed E-state index contributed by atoms with van der Waals surface area (Å²) in [4.78, 5) is 26.7.